The zero-order chi connectivity index (χ0) is 18.9. The van der Waals surface area contributed by atoms with E-state index in [4.69, 9.17) is 9.47 Å². The molecule has 0 bridgehead atoms. The van der Waals surface area contributed by atoms with Crippen LogP contribution in [0, 0.1) is 0 Å². The smallest absolute Gasteiger partial charge is 0.225 e. The topological polar surface area (TPSA) is 59.6 Å². The maximum Gasteiger partial charge on any atom is 0.225 e. The van der Waals surface area contributed by atoms with E-state index in [0.29, 0.717) is 25.4 Å². The van der Waals surface area contributed by atoms with Gasteiger partial charge in [0.2, 0.25) is 5.91 Å². The molecule has 0 spiro atoms. The summed E-state index contributed by atoms with van der Waals surface area (Å²) in [5.74, 6) is 2.33. The molecule has 28 heavy (non-hydrogen) atoms. The Morgan fingerprint density at radius 3 is 2.71 bits per heavy atom. The lowest BCUT2D eigenvalue weighted by Gasteiger charge is -2.12. The molecular weight excluding hydrogens is 396 g/mol. The first kappa shape index (κ1) is 22.4. The normalized spacial score (nSPS) is 12.6. The monoisotopic (exact) mass is 422 g/mol. The zero-order valence-corrected chi connectivity index (χ0v) is 17.7. The molecule has 0 aliphatic carbocycles. The van der Waals surface area contributed by atoms with Gasteiger partial charge in [-0.25, -0.2) is 0 Å². The maximum absolute atomic E-state index is 12.3. The van der Waals surface area contributed by atoms with Crippen LogP contribution in [0.4, 0.5) is 5.69 Å². The van der Waals surface area contributed by atoms with Crippen LogP contribution in [0.3, 0.4) is 0 Å². The van der Waals surface area contributed by atoms with Crippen LogP contribution in [-0.2, 0) is 11.3 Å². The van der Waals surface area contributed by atoms with E-state index in [1.165, 1.54) is 0 Å². The van der Waals surface area contributed by atoms with Crippen molar-refractivity contribution in [2.45, 2.75) is 31.2 Å². The fraction of sp³-hybridized carbons (Fsp3) is 0.381. The minimum absolute atomic E-state index is 0. The van der Waals surface area contributed by atoms with Gasteiger partial charge in [-0.05, 0) is 36.4 Å². The number of rotatable bonds is 8. The van der Waals surface area contributed by atoms with Crippen LogP contribution >= 0.6 is 24.2 Å². The second-order valence-corrected chi connectivity index (χ2v) is 7.41. The van der Waals surface area contributed by atoms with E-state index >= 15 is 0 Å². The van der Waals surface area contributed by atoms with Crippen molar-refractivity contribution in [1.29, 1.82) is 0 Å². The Morgan fingerprint density at radius 2 is 1.89 bits per heavy atom. The van der Waals surface area contributed by atoms with E-state index < -0.39 is 0 Å². The van der Waals surface area contributed by atoms with Gasteiger partial charge in [-0.15, -0.1) is 24.2 Å². The summed E-state index contributed by atoms with van der Waals surface area (Å²) in [4.78, 5) is 13.4. The Morgan fingerprint density at radius 1 is 1.11 bits per heavy atom. The molecule has 1 aliphatic heterocycles. The quantitative estimate of drug-likeness (QED) is 0.613. The lowest BCUT2D eigenvalue weighted by molar-refractivity contribution is -0.115. The Bertz CT molecular complexity index is 773. The van der Waals surface area contributed by atoms with Crippen LogP contribution in [0.5, 0.6) is 11.5 Å². The molecule has 3 rings (SSSR count). The molecule has 0 unspecified atom stereocenters. The summed E-state index contributed by atoms with van der Waals surface area (Å²) in [6.45, 7) is 5.08. The number of anilines is 1. The van der Waals surface area contributed by atoms with Gasteiger partial charge in [-0.3, -0.25) is 4.79 Å². The van der Waals surface area contributed by atoms with Crippen molar-refractivity contribution in [1.82, 2.24) is 5.32 Å². The van der Waals surface area contributed by atoms with Crippen LogP contribution in [0.25, 0.3) is 0 Å². The molecule has 1 heterocycles. The maximum atomic E-state index is 12.3. The highest BCUT2D eigenvalue weighted by molar-refractivity contribution is 7.99. The van der Waals surface area contributed by atoms with E-state index in [2.05, 4.69) is 17.6 Å². The number of para-hydroxylation sites is 1. The van der Waals surface area contributed by atoms with Crippen LogP contribution < -0.4 is 20.1 Å². The van der Waals surface area contributed by atoms with Crippen molar-refractivity contribution >= 4 is 35.8 Å². The zero-order valence-electron chi connectivity index (χ0n) is 16.0. The summed E-state index contributed by atoms with van der Waals surface area (Å²) < 4.78 is 11.4. The minimum atomic E-state index is 0. The van der Waals surface area contributed by atoms with Gasteiger partial charge in [-0.2, -0.15) is 0 Å². The van der Waals surface area contributed by atoms with Gasteiger partial charge >= 0.3 is 0 Å². The first-order chi connectivity index (χ1) is 13.3. The van der Waals surface area contributed by atoms with Crippen LogP contribution in [0.1, 0.15) is 25.3 Å². The number of ether oxygens (including phenoxy) is 2. The Hall–Kier alpha value is -1.89. The van der Waals surface area contributed by atoms with E-state index in [0.717, 1.165) is 47.2 Å². The number of amides is 1. The van der Waals surface area contributed by atoms with Crippen molar-refractivity contribution in [2.75, 3.05) is 30.8 Å². The van der Waals surface area contributed by atoms with Crippen molar-refractivity contribution in [3.05, 3.63) is 48.0 Å². The molecule has 0 saturated carbocycles. The highest BCUT2D eigenvalue weighted by Gasteiger charge is 2.11. The van der Waals surface area contributed by atoms with Crippen LogP contribution in [0.15, 0.2) is 47.4 Å². The van der Waals surface area contributed by atoms with Crippen molar-refractivity contribution in [3.8, 4) is 11.5 Å². The SMILES string of the molecule is CCNCc1ccccc1NC(=O)CCSc1ccc2c(c1)OCCCO2.Cl. The van der Waals surface area contributed by atoms with Crippen molar-refractivity contribution in [3.63, 3.8) is 0 Å². The third-order valence-electron chi connectivity index (χ3n) is 4.17. The third kappa shape index (κ3) is 6.62. The molecule has 1 amide bonds. The van der Waals surface area contributed by atoms with Gasteiger partial charge in [-0.1, -0.05) is 25.1 Å². The number of carbonyl (C=O) groups is 1. The average Bonchev–Trinajstić information content (AvgIpc) is 2.92. The number of benzene rings is 2. The summed E-state index contributed by atoms with van der Waals surface area (Å²) in [5.41, 5.74) is 1.98. The van der Waals surface area contributed by atoms with Gasteiger partial charge in [0.05, 0.1) is 13.2 Å². The second kappa shape index (κ2) is 11.8. The van der Waals surface area contributed by atoms with E-state index in [1.807, 2.05) is 42.5 Å². The van der Waals surface area contributed by atoms with Gasteiger partial charge in [0, 0.05) is 35.7 Å². The first-order valence-corrected chi connectivity index (χ1v) is 10.4. The molecule has 5 nitrogen and oxygen atoms in total. The molecule has 0 atom stereocenters. The van der Waals surface area contributed by atoms with Gasteiger partial charge < -0.3 is 20.1 Å². The first-order valence-electron chi connectivity index (χ1n) is 9.37. The van der Waals surface area contributed by atoms with Crippen LogP contribution in [0.2, 0.25) is 0 Å². The molecule has 0 fully saturated rings. The summed E-state index contributed by atoms with van der Waals surface area (Å²) in [5, 5.41) is 6.32. The molecule has 0 saturated heterocycles. The summed E-state index contributed by atoms with van der Waals surface area (Å²) >= 11 is 1.65. The highest BCUT2D eigenvalue weighted by Crippen LogP contribution is 2.34. The molecule has 0 radical (unpaired) electrons. The minimum Gasteiger partial charge on any atom is -0.490 e. The number of hydrogen-bond donors (Lipinski definition) is 2. The fourth-order valence-electron chi connectivity index (χ4n) is 2.76. The van der Waals surface area contributed by atoms with E-state index in [9.17, 15) is 4.79 Å². The number of carbonyl (C=O) groups excluding carboxylic acids is 1. The second-order valence-electron chi connectivity index (χ2n) is 6.24. The number of fused-ring (bicyclic) bond motifs is 1. The molecule has 2 aromatic carbocycles. The molecule has 7 heteroatoms. The standard InChI is InChI=1S/C21H26N2O3S.ClH/c1-2-22-15-16-6-3-4-7-18(16)23-21(24)10-13-27-17-8-9-19-20(14-17)26-12-5-11-25-19;/h3-4,6-9,14,22H,2,5,10-13,15H2,1H3,(H,23,24);1H. The number of halogens is 1. The lowest BCUT2D eigenvalue weighted by Crippen LogP contribution is -2.17. The number of thioether (sulfide) groups is 1. The van der Waals surface area contributed by atoms with Crippen molar-refractivity contribution in [2.24, 2.45) is 0 Å². The number of hydrogen-bond acceptors (Lipinski definition) is 5. The van der Waals surface area contributed by atoms with Gasteiger partial charge in [0.15, 0.2) is 11.5 Å². The predicted molar refractivity (Wildman–Crippen MR) is 117 cm³/mol. The molecule has 152 valence electrons. The molecular formula is C21H27ClN2O3S. The molecule has 1 aliphatic rings. The Balaban J connectivity index is 0.00000280. The van der Waals surface area contributed by atoms with Crippen LogP contribution in [-0.4, -0.2) is 31.4 Å². The van der Waals surface area contributed by atoms with E-state index in [1.54, 1.807) is 11.8 Å². The molecule has 2 aromatic rings. The average molecular weight is 423 g/mol. The summed E-state index contributed by atoms with van der Waals surface area (Å²) in [6, 6.07) is 13.9. The fourth-order valence-corrected chi connectivity index (χ4v) is 3.64. The predicted octanol–water partition coefficient (Wildman–Crippen LogP) is 4.50. The van der Waals surface area contributed by atoms with Gasteiger partial charge in [0.1, 0.15) is 0 Å². The van der Waals surface area contributed by atoms with Crippen molar-refractivity contribution < 1.29 is 14.3 Å². The van der Waals surface area contributed by atoms with E-state index in [-0.39, 0.29) is 18.3 Å². The summed E-state index contributed by atoms with van der Waals surface area (Å²) in [7, 11) is 0. The largest absolute Gasteiger partial charge is 0.490 e. The third-order valence-corrected chi connectivity index (χ3v) is 5.17. The Labute approximate surface area is 177 Å². The highest BCUT2D eigenvalue weighted by atomic mass is 35.5. The lowest BCUT2D eigenvalue weighted by atomic mass is 10.1. The molecule has 2 N–H and O–H groups in total. The summed E-state index contributed by atoms with van der Waals surface area (Å²) in [6.07, 6.45) is 1.35. The molecule has 0 aromatic heterocycles. The number of nitrogens with one attached hydrogen (secondary N) is 2. The Kier molecular flexibility index (Phi) is 9.47. The van der Waals surface area contributed by atoms with Gasteiger partial charge in [0.25, 0.3) is 0 Å².